The van der Waals surface area contributed by atoms with E-state index in [0.29, 0.717) is 5.02 Å². The lowest BCUT2D eigenvalue weighted by molar-refractivity contribution is -0.147. The fraction of sp³-hybridized carbons (Fsp3) is 0.588. The molecule has 0 atom stereocenters. The predicted molar refractivity (Wildman–Crippen MR) is 86.7 cm³/mol. The van der Waals surface area contributed by atoms with Crippen LogP contribution in [0.5, 0.6) is 0 Å². The van der Waals surface area contributed by atoms with E-state index < -0.39 is 5.54 Å². The number of carbonyl (C=O) groups excluding carboxylic acids is 1. The van der Waals surface area contributed by atoms with Gasteiger partial charge in [0.15, 0.2) is 0 Å². The smallest absolute Gasteiger partial charge is 0.331 e. The number of ether oxygens (including phenoxy) is 1. The molecule has 1 aromatic carbocycles. The zero-order valence-electron chi connectivity index (χ0n) is 12.8. The first-order valence-corrected chi connectivity index (χ1v) is 8.09. The van der Waals surface area contributed by atoms with Crippen LogP contribution in [0.1, 0.15) is 45.4 Å². The lowest BCUT2D eigenvalue weighted by Gasteiger charge is -2.39. The summed E-state index contributed by atoms with van der Waals surface area (Å²) in [6.45, 7) is 2.22. The number of carbonyl (C=O) groups is 1. The van der Waals surface area contributed by atoms with Crippen LogP contribution in [0.15, 0.2) is 24.3 Å². The van der Waals surface area contributed by atoms with Crippen molar-refractivity contribution in [3.63, 3.8) is 0 Å². The van der Waals surface area contributed by atoms with Crippen molar-refractivity contribution in [3.05, 3.63) is 29.3 Å². The molecule has 1 saturated carbocycles. The molecule has 0 aliphatic heterocycles. The van der Waals surface area contributed by atoms with Crippen molar-refractivity contribution in [1.82, 2.24) is 0 Å². The minimum Gasteiger partial charge on any atom is -0.467 e. The highest BCUT2D eigenvalue weighted by Crippen LogP contribution is 2.37. The van der Waals surface area contributed by atoms with E-state index in [2.05, 4.69) is 12.2 Å². The Hall–Kier alpha value is -1.22. The van der Waals surface area contributed by atoms with E-state index in [1.807, 2.05) is 24.3 Å². The van der Waals surface area contributed by atoms with Crippen LogP contribution in [0.4, 0.5) is 5.69 Å². The number of anilines is 1. The molecular weight excluding hydrogens is 286 g/mol. The Morgan fingerprint density at radius 3 is 2.48 bits per heavy atom. The van der Waals surface area contributed by atoms with Crippen LogP contribution in [-0.2, 0) is 9.53 Å². The zero-order chi connectivity index (χ0) is 15.3. The van der Waals surface area contributed by atoms with Crippen LogP contribution in [-0.4, -0.2) is 18.6 Å². The van der Waals surface area contributed by atoms with Gasteiger partial charge in [-0.2, -0.15) is 0 Å². The largest absolute Gasteiger partial charge is 0.467 e. The van der Waals surface area contributed by atoms with Crippen LogP contribution in [0.3, 0.4) is 0 Å². The first-order chi connectivity index (χ1) is 10.1. The Bertz CT molecular complexity index is 464. The third kappa shape index (κ3) is 3.91. The van der Waals surface area contributed by atoms with Crippen LogP contribution in [0.2, 0.25) is 5.02 Å². The summed E-state index contributed by atoms with van der Waals surface area (Å²) in [5.41, 5.74) is 0.325. The van der Waals surface area contributed by atoms with E-state index in [-0.39, 0.29) is 5.97 Å². The van der Waals surface area contributed by atoms with Crippen LogP contribution < -0.4 is 5.32 Å². The molecule has 0 amide bonds. The van der Waals surface area contributed by atoms with Gasteiger partial charge in [0.05, 0.1) is 7.11 Å². The van der Waals surface area contributed by atoms with Gasteiger partial charge in [0.2, 0.25) is 0 Å². The first kappa shape index (κ1) is 16.2. The summed E-state index contributed by atoms with van der Waals surface area (Å²) in [5.74, 6) is 0.576. The lowest BCUT2D eigenvalue weighted by Crippen LogP contribution is -2.49. The van der Waals surface area contributed by atoms with Gasteiger partial charge >= 0.3 is 5.97 Å². The van der Waals surface area contributed by atoms with E-state index in [1.165, 1.54) is 20.0 Å². The third-order valence-corrected chi connectivity index (χ3v) is 4.71. The number of hydrogen-bond donors (Lipinski definition) is 1. The fourth-order valence-electron chi connectivity index (χ4n) is 3.25. The maximum Gasteiger partial charge on any atom is 0.331 e. The standard InChI is InChI=1S/C17H24ClNO2/c1-3-4-13-9-11-17(12-10-13,16(20)21-2)19-15-7-5-14(18)6-8-15/h5-8,13,19H,3-4,9-12H2,1-2H3. The summed E-state index contributed by atoms with van der Waals surface area (Å²) in [6, 6.07) is 7.48. The molecule has 1 fully saturated rings. The Labute approximate surface area is 132 Å². The normalized spacial score (nSPS) is 25.4. The van der Waals surface area contributed by atoms with Crippen molar-refractivity contribution >= 4 is 23.3 Å². The second-order valence-corrected chi connectivity index (χ2v) is 6.37. The highest BCUT2D eigenvalue weighted by atomic mass is 35.5. The number of halogens is 1. The third-order valence-electron chi connectivity index (χ3n) is 4.46. The van der Waals surface area contributed by atoms with Gasteiger partial charge in [-0.25, -0.2) is 4.79 Å². The lowest BCUT2D eigenvalue weighted by atomic mass is 9.75. The van der Waals surface area contributed by atoms with E-state index >= 15 is 0 Å². The predicted octanol–water partition coefficient (Wildman–Crippen LogP) is 4.65. The number of benzene rings is 1. The minimum absolute atomic E-state index is 0.160. The Morgan fingerprint density at radius 2 is 1.95 bits per heavy atom. The summed E-state index contributed by atoms with van der Waals surface area (Å²) in [4.78, 5) is 12.3. The van der Waals surface area contributed by atoms with Gasteiger partial charge < -0.3 is 10.1 Å². The van der Waals surface area contributed by atoms with E-state index in [0.717, 1.165) is 37.3 Å². The van der Waals surface area contributed by atoms with Crippen molar-refractivity contribution < 1.29 is 9.53 Å². The van der Waals surface area contributed by atoms with Crippen molar-refractivity contribution in [2.75, 3.05) is 12.4 Å². The fourth-order valence-corrected chi connectivity index (χ4v) is 3.38. The molecule has 1 aliphatic carbocycles. The molecule has 4 heteroatoms. The maximum atomic E-state index is 12.3. The summed E-state index contributed by atoms with van der Waals surface area (Å²) in [7, 11) is 1.46. The summed E-state index contributed by atoms with van der Waals surface area (Å²) in [6.07, 6.45) is 6.26. The van der Waals surface area contributed by atoms with Gasteiger partial charge in [-0.1, -0.05) is 31.4 Å². The van der Waals surface area contributed by atoms with Crippen molar-refractivity contribution in [2.24, 2.45) is 5.92 Å². The maximum absolute atomic E-state index is 12.3. The highest BCUT2D eigenvalue weighted by Gasteiger charge is 2.42. The molecule has 1 aliphatic rings. The van der Waals surface area contributed by atoms with Gasteiger partial charge in [0.25, 0.3) is 0 Å². The van der Waals surface area contributed by atoms with Crippen molar-refractivity contribution in [2.45, 2.75) is 51.0 Å². The molecule has 1 N–H and O–H groups in total. The molecule has 0 saturated heterocycles. The van der Waals surface area contributed by atoms with Crippen LogP contribution >= 0.6 is 11.6 Å². The second kappa shape index (κ2) is 7.17. The van der Waals surface area contributed by atoms with Gasteiger partial charge in [0.1, 0.15) is 5.54 Å². The second-order valence-electron chi connectivity index (χ2n) is 5.94. The zero-order valence-corrected chi connectivity index (χ0v) is 13.6. The summed E-state index contributed by atoms with van der Waals surface area (Å²) < 4.78 is 5.06. The van der Waals surface area contributed by atoms with Crippen molar-refractivity contribution in [1.29, 1.82) is 0 Å². The van der Waals surface area contributed by atoms with Crippen LogP contribution in [0.25, 0.3) is 0 Å². The number of nitrogens with one attached hydrogen (secondary N) is 1. The molecular formula is C17H24ClNO2. The topological polar surface area (TPSA) is 38.3 Å². The minimum atomic E-state index is -0.590. The first-order valence-electron chi connectivity index (χ1n) is 7.72. The SMILES string of the molecule is CCCC1CCC(Nc2ccc(Cl)cc2)(C(=O)OC)CC1. The molecule has 0 bridgehead atoms. The molecule has 116 valence electrons. The van der Waals surface area contributed by atoms with E-state index in [1.54, 1.807) is 0 Å². The number of methoxy groups -OCH3 is 1. The average molecular weight is 310 g/mol. The quantitative estimate of drug-likeness (QED) is 0.804. The van der Waals surface area contributed by atoms with Gasteiger partial charge in [-0.3, -0.25) is 0 Å². The molecule has 2 rings (SSSR count). The summed E-state index contributed by atoms with van der Waals surface area (Å²) in [5, 5.41) is 4.10. The van der Waals surface area contributed by atoms with Gasteiger partial charge in [-0.05, 0) is 55.9 Å². The Kier molecular flexibility index (Phi) is 5.51. The molecule has 0 heterocycles. The van der Waals surface area contributed by atoms with Crippen LogP contribution in [0, 0.1) is 5.92 Å². The van der Waals surface area contributed by atoms with E-state index in [9.17, 15) is 4.79 Å². The number of hydrogen-bond acceptors (Lipinski definition) is 3. The molecule has 0 unspecified atom stereocenters. The number of esters is 1. The van der Waals surface area contributed by atoms with Gasteiger partial charge in [0, 0.05) is 10.7 Å². The summed E-state index contributed by atoms with van der Waals surface area (Å²) >= 11 is 5.91. The van der Waals surface area contributed by atoms with E-state index in [4.69, 9.17) is 16.3 Å². The van der Waals surface area contributed by atoms with Gasteiger partial charge in [-0.15, -0.1) is 0 Å². The highest BCUT2D eigenvalue weighted by molar-refractivity contribution is 6.30. The van der Waals surface area contributed by atoms with Crippen molar-refractivity contribution in [3.8, 4) is 0 Å². The number of rotatable bonds is 5. The molecule has 0 aromatic heterocycles. The molecule has 0 radical (unpaired) electrons. The molecule has 3 nitrogen and oxygen atoms in total. The Morgan fingerprint density at radius 1 is 1.33 bits per heavy atom. The molecule has 21 heavy (non-hydrogen) atoms. The molecule has 0 spiro atoms. The average Bonchev–Trinajstić information content (AvgIpc) is 2.51. The Balaban J connectivity index is 2.11. The molecule has 1 aromatic rings. The monoisotopic (exact) mass is 309 g/mol.